The van der Waals surface area contributed by atoms with Gasteiger partial charge in [-0.25, -0.2) is 0 Å². The fourth-order valence-corrected chi connectivity index (χ4v) is 2.66. The first-order valence-electron chi connectivity index (χ1n) is 7.45. The van der Waals surface area contributed by atoms with Gasteiger partial charge in [0.25, 0.3) is 0 Å². The molecule has 1 amide bonds. The Balaban J connectivity index is 1.91. The number of piperidine rings is 1. The number of hydrogen-bond acceptors (Lipinski definition) is 3. The molecule has 1 fully saturated rings. The molecule has 0 bridgehead atoms. The average Bonchev–Trinajstić information content (AvgIpc) is 2.47. The number of rotatable bonds is 6. The summed E-state index contributed by atoms with van der Waals surface area (Å²) in [5.41, 5.74) is 1.60. The van der Waals surface area contributed by atoms with Gasteiger partial charge in [-0.1, -0.05) is 18.2 Å². The predicted octanol–water partition coefficient (Wildman–Crippen LogP) is 2.03. The third-order valence-corrected chi connectivity index (χ3v) is 3.77. The van der Waals surface area contributed by atoms with Crippen LogP contribution in [0.5, 0.6) is 0 Å². The molecule has 1 aromatic carbocycles. The third-order valence-electron chi connectivity index (χ3n) is 3.77. The van der Waals surface area contributed by atoms with Crippen LogP contribution in [0.1, 0.15) is 31.2 Å². The van der Waals surface area contributed by atoms with Crippen molar-refractivity contribution in [2.24, 2.45) is 5.92 Å². The largest absolute Gasteiger partial charge is 0.481 e. The Labute approximate surface area is 124 Å². The van der Waals surface area contributed by atoms with E-state index in [2.05, 4.69) is 10.6 Å². The van der Waals surface area contributed by atoms with Gasteiger partial charge in [0.15, 0.2) is 0 Å². The van der Waals surface area contributed by atoms with Crippen LogP contribution >= 0.6 is 0 Å². The van der Waals surface area contributed by atoms with Gasteiger partial charge in [0, 0.05) is 18.5 Å². The van der Waals surface area contributed by atoms with Gasteiger partial charge in [0.05, 0.1) is 0 Å². The molecule has 114 valence electrons. The van der Waals surface area contributed by atoms with Crippen molar-refractivity contribution in [2.75, 3.05) is 18.4 Å². The SMILES string of the molecule is O=C(O)CCc1ccccc1NC(=O)CC1CCCNC1. The molecular formula is C16H22N2O3. The highest BCUT2D eigenvalue weighted by Gasteiger charge is 2.17. The topological polar surface area (TPSA) is 78.4 Å². The van der Waals surface area contributed by atoms with Gasteiger partial charge >= 0.3 is 5.97 Å². The standard InChI is InChI=1S/C16H22N2O3/c19-15(10-12-4-3-9-17-11-12)18-14-6-2-1-5-13(14)7-8-16(20)21/h1-2,5-6,12,17H,3-4,7-11H2,(H,18,19)(H,20,21). The summed E-state index contributed by atoms with van der Waals surface area (Å²) in [6.45, 7) is 1.93. The van der Waals surface area contributed by atoms with Gasteiger partial charge in [-0.05, 0) is 49.9 Å². The van der Waals surface area contributed by atoms with E-state index >= 15 is 0 Å². The second-order valence-electron chi connectivity index (χ2n) is 5.52. The number of anilines is 1. The number of benzene rings is 1. The van der Waals surface area contributed by atoms with E-state index in [1.54, 1.807) is 0 Å². The summed E-state index contributed by atoms with van der Waals surface area (Å²) in [6, 6.07) is 7.40. The Bertz CT molecular complexity index is 496. The maximum absolute atomic E-state index is 12.1. The molecule has 1 aliphatic heterocycles. The van der Waals surface area contributed by atoms with Crippen LogP contribution in [0.15, 0.2) is 24.3 Å². The number of aliphatic carboxylic acids is 1. The van der Waals surface area contributed by atoms with Gasteiger partial charge in [-0.15, -0.1) is 0 Å². The van der Waals surface area contributed by atoms with Crippen molar-refractivity contribution < 1.29 is 14.7 Å². The Kier molecular flexibility index (Phi) is 5.75. The summed E-state index contributed by atoms with van der Waals surface area (Å²) >= 11 is 0. The molecule has 5 nitrogen and oxygen atoms in total. The molecule has 1 atom stereocenters. The van der Waals surface area contributed by atoms with Crippen molar-refractivity contribution in [2.45, 2.75) is 32.1 Å². The van der Waals surface area contributed by atoms with E-state index in [0.717, 1.165) is 37.2 Å². The Morgan fingerprint density at radius 1 is 1.33 bits per heavy atom. The fraction of sp³-hybridized carbons (Fsp3) is 0.500. The maximum atomic E-state index is 12.1. The minimum atomic E-state index is -0.829. The Morgan fingerprint density at radius 2 is 2.14 bits per heavy atom. The molecule has 21 heavy (non-hydrogen) atoms. The zero-order valence-corrected chi connectivity index (χ0v) is 12.1. The Hall–Kier alpha value is -1.88. The van der Waals surface area contributed by atoms with E-state index < -0.39 is 5.97 Å². The van der Waals surface area contributed by atoms with Crippen LogP contribution in [-0.4, -0.2) is 30.1 Å². The lowest BCUT2D eigenvalue weighted by Gasteiger charge is -2.22. The van der Waals surface area contributed by atoms with E-state index in [1.165, 1.54) is 0 Å². The summed E-state index contributed by atoms with van der Waals surface area (Å²) < 4.78 is 0. The predicted molar refractivity (Wildman–Crippen MR) is 81.2 cm³/mol. The number of amides is 1. The molecule has 0 spiro atoms. The molecule has 1 heterocycles. The maximum Gasteiger partial charge on any atom is 0.303 e. The number of carbonyl (C=O) groups excluding carboxylic acids is 1. The number of nitrogens with one attached hydrogen (secondary N) is 2. The quantitative estimate of drug-likeness (QED) is 0.749. The van der Waals surface area contributed by atoms with Crippen molar-refractivity contribution in [1.82, 2.24) is 5.32 Å². The van der Waals surface area contributed by atoms with Gasteiger partial charge < -0.3 is 15.7 Å². The molecule has 3 N–H and O–H groups in total. The second-order valence-corrected chi connectivity index (χ2v) is 5.52. The molecule has 1 aromatic rings. The summed E-state index contributed by atoms with van der Waals surface area (Å²) in [4.78, 5) is 22.8. The van der Waals surface area contributed by atoms with E-state index in [0.29, 0.717) is 18.8 Å². The minimum absolute atomic E-state index is 0.00600. The molecule has 5 heteroatoms. The molecule has 0 aliphatic carbocycles. The van der Waals surface area contributed by atoms with E-state index in [4.69, 9.17) is 5.11 Å². The molecule has 1 aliphatic rings. The third kappa shape index (κ3) is 5.19. The lowest BCUT2D eigenvalue weighted by atomic mass is 9.96. The van der Waals surface area contributed by atoms with Crippen LogP contribution in [0.2, 0.25) is 0 Å². The van der Waals surface area contributed by atoms with Crippen LogP contribution in [0, 0.1) is 5.92 Å². The van der Waals surface area contributed by atoms with Crippen LogP contribution in [0.25, 0.3) is 0 Å². The van der Waals surface area contributed by atoms with Crippen molar-refractivity contribution in [1.29, 1.82) is 0 Å². The number of para-hydroxylation sites is 1. The number of hydrogen-bond donors (Lipinski definition) is 3. The monoisotopic (exact) mass is 290 g/mol. The highest BCUT2D eigenvalue weighted by Crippen LogP contribution is 2.19. The van der Waals surface area contributed by atoms with Gasteiger partial charge in [-0.2, -0.15) is 0 Å². The van der Waals surface area contributed by atoms with Gasteiger partial charge in [0.1, 0.15) is 0 Å². The highest BCUT2D eigenvalue weighted by molar-refractivity contribution is 5.91. The summed E-state index contributed by atoms with van der Waals surface area (Å²) in [5.74, 6) is -0.430. The van der Waals surface area contributed by atoms with Crippen molar-refractivity contribution in [3.63, 3.8) is 0 Å². The number of carbonyl (C=O) groups is 2. The number of aryl methyl sites for hydroxylation is 1. The lowest BCUT2D eigenvalue weighted by molar-refractivity contribution is -0.137. The number of carboxylic acids is 1. The van der Waals surface area contributed by atoms with Crippen molar-refractivity contribution >= 4 is 17.6 Å². The first kappa shape index (κ1) is 15.5. The van der Waals surface area contributed by atoms with Crippen LogP contribution < -0.4 is 10.6 Å². The molecule has 1 unspecified atom stereocenters. The molecule has 1 saturated heterocycles. The highest BCUT2D eigenvalue weighted by atomic mass is 16.4. The van der Waals surface area contributed by atoms with Crippen molar-refractivity contribution in [3.05, 3.63) is 29.8 Å². The summed E-state index contributed by atoms with van der Waals surface area (Å²) in [7, 11) is 0. The van der Waals surface area contributed by atoms with Gasteiger partial charge in [0.2, 0.25) is 5.91 Å². The first-order valence-corrected chi connectivity index (χ1v) is 7.45. The van der Waals surface area contributed by atoms with Crippen molar-refractivity contribution in [3.8, 4) is 0 Å². The first-order chi connectivity index (χ1) is 10.1. The lowest BCUT2D eigenvalue weighted by Crippen LogP contribution is -2.32. The molecule has 0 radical (unpaired) electrons. The molecular weight excluding hydrogens is 268 g/mol. The smallest absolute Gasteiger partial charge is 0.303 e. The normalized spacial score (nSPS) is 18.2. The summed E-state index contributed by atoms with van der Waals surface area (Å²) in [6.07, 6.45) is 3.21. The molecule has 2 rings (SSSR count). The number of carboxylic acid groups (broad SMARTS) is 1. The van der Waals surface area contributed by atoms with E-state index in [9.17, 15) is 9.59 Å². The van der Waals surface area contributed by atoms with Crippen LogP contribution in [0.3, 0.4) is 0 Å². The zero-order chi connectivity index (χ0) is 15.1. The molecule has 0 aromatic heterocycles. The fourth-order valence-electron chi connectivity index (χ4n) is 2.66. The van der Waals surface area contributed by atoms with Crippen LogP contribution in [0.4, 0.5) is 5.69 Å². The second kappa shape index (κ2) is 7.78. The average molecular weight is 290 g/mol. The van der Waals surface area contributed by atoms with Crippen LogP contribution in [-0.2, 0) is 16.0 Å². The van der Waals surface area contributed by atoms with E-state index in [1.807, 2.05) is 24.3 Å². The summed E-state index contributed by atoms with van der Waals surface area (Å²) in [5, 5.41) is 15.0. The minimum Gasteiger partial charge on any atom is -0.481 e. The molecule has 0 saturated carbocycles. The Morgan fingerprint density at radius 3 is 2.86 bits per heavy atom. The zero-order valence-electron chi connectivity index (χ0n) is 12.1. The van der Waals surface area contributed by atoms with Gasteiger partial charge in [-0.3, -0.25) is 9.59 Å². The van der Waals surface area contributed by atoms with E-state index in [-0.39, 0.29) is 12.3 Å².